The molecule has 16 heavy (non-hydrogen) atoms. The topological polar surface area (TPSA) is 24.5 Å². The van der Waals surface area contributed by atoms with Crippen LogP contribution in [0, 0.1) is 0 Å². The SMILES string of the molecule is CCC1(C)CN(C2CCOC(C)C2)CCN1. The zero-order chi connectivity index (χ0) is 11.6. The normalized spacial score (nSPS) is 42.2. The maximum absolute atomic E-state index is 5.63. The zero-order valence-electron chi connectivity index (χ0n) is 11.0. The fourth-order valence-electron chi connectivity index (χ4n) is 2.94. The number of nitrogens with zero attached hydrogens (tertiary/aromatic N) is 1. The van der Waals surface area contributed by atoms with Crippen LogP contribution in [-0.2, 0) is 4.74 Å². The molecule has 0 saturated carbocycles. The highest BCUT2D eigenvalue weighted by molar-refractivity contribution is 4.93. The average molecular weight is 226 g/mol. The molecular formula is C13H26N2O. The lowest BCUT2D eigenvalue weighted by Gasteiger charge is -2.46. The summed E-state index contributed by atoms with van der Waals surface area (Å²) in [4.78, 5) is 2.68. The molecule has 2 saturated heterocycles. The summed E-state index contributed by atoms with van der Waals surface area (Å²) >= 11 is 0. The summed E-state index contributed by atoms with van der Waals surface area (Å²) in [6.07, 6.45) is 4.08. The maximum Gasteiger partial charge on any atom is 0.0561 e. The monoisotopic (exact) mass is 226 g/mol. The van der Waals surface area contributed by atoms with E-state index in [2.05, 4.69) is 31.0 Å². The highest BCUT2D eigenvalue weighted by atomic mass is 16.5. The van der Waals surface area contributed by atoms with Crippen LogP contribution >= 0.6 is 0 Å². The number of rotatable bonds is 2. The van der Waals surface area contributed by atoms with Gasteiger partial charge < -0.3 is 10.1 Å². The lowest BCUT2D eigenvalue weighted by Crippen LogP contribution is -2.61. The van der Waals surface area contributed by atoms with E-state index >= 15 is 0 Å². The molecule has 3 heteroatoms. The maximum atomic E-state index is 5.63. The summed E-state index contributed by atoms with van der Waals surface area (Å²) in [5.41, 5.74) is 0.319. The Bertz CT molecular complexity index is 234. The van der Waals surface area contributed by atoms with E-state index in [-0.39, 0.29) is 0 Å². The van der Waals surface area contributed by atoms with Crippen LogP contribution < -0.4 is 5.32 Å². The summed E-state index contributed by atoms with van der Waals surface area (Å²) in [6.45, 7) is 11.3. The van der Waals surface area contributed by atoms with Crippen LogP contribution in [0.4, 0.5) is 0 Å². The largest absolute Gasteiger partial charge is 0.378 e. The predicted molar refractivity (Wildman–Crippen MR) is 66.7 cm³/mol. The van der Waals surface area contributed by atoms with E-state index in [1.165, 1.54) is 32.4 Å². The number of ether oxygens (including phenoxy) is 1. The van der Waals surface area contributed by atoms with Gasteiger partial charge in [-0.3, -0.25) is 4.90 Å². The van der Waals surface area contributed by atoms with Gasteiger partial charge in [-0.2, -0.15) is 0 Å². The minimum atomic E-state index is 0.319. The highest BCUT2D eigenvalue weighted by Gasteiger charge is 2.33. The lowest BCUT2D eigenvalue weighted by molar-refractivity contribution is -0.0297. The molecule has 0 aromatic rings. The molecule has 2 rings (SSSR count). The first-order chi connectivity index (χ1) is 7.63. The Morgan fingerprint density at radius 2 is 2.31 bits per heavy atom. The summed E-state index contributed by atoms with van der Waals surface area (Å²) in [6, 6.07) is 0.747. The molecule has 1 N–H and O–H groups in total. The molecule has 3 unspecified atom stereocenters. The lowest BCUT2D eigenvalue weighted by atomic mass is 9.92. The van der Waals surface area contributed by atoms with Crippen LogP contribution in [0.5, 0.6) is 0 Å². The van der Waals surface area contributed by atoms with Crippen molar-refractivity contribution in [2.75, 3.05) is 26.2 Å². The fraction of sp³-hybridized carbons (Fsp3) is 1.00. The van der Waals surface area contributed by atoms with Gasteiger partial charge >= 0.3 is 0 Å². The molecule has 0 amide bonds. The second kappa shape index (κ2) is 5.03. The number of nitrogens with one attached hydrogen (secondary N) is 1. The van der Waals surface area contributed by atoms with Crippen LogP contribution in [-0.4, -0.2) is 48.8 Å². The van der Waals surface area contributed by atoms with Crippen molar-refractivity contribution in [3.05, 3.63) is 0 Å². The molecule has 2 aliphatic rings. The molecule has 3 nitrogen and oxygen atoms in total. The van der Waals surface area contributed by atoms with Crippen molar-refractivity contribution in [3.8, 4) is 0 Å². The van der Waals surface area contributed by atoms with Gasteiger partial charge in [0, 0.05) is 37.8 Å². The van der Waals surface area contributed by atoms with Crippen molar-refractivity contribution in [3.63, 3.8) is 0 Å². The molecule has 2 aliphatic heterocycles. The van der Waals surface area contributed by atoms with Crippen molar-refractivity contribution in [2.45, 2.75) is 57.7 Å². The van der Waals surface area contributed by atoms with E-state index in [0.717, 1.165) is 19.2 Å². The molecule has 2 heterocycles. The van der Waals surface area contributed by atoms with E-state index in [4.69, 9.17) is 4.74 Å². The minimum Gasteiger partial charge on any atom is -0.378 e. The van der Waals surface area contributed by atoms with E-state index in [0.29, 0.717) is 11.6 Å². The van der Waals surface area contributed by atoms with E-state index < -0.39 is 0 Å². The first-order valence-electron chi connectivity index (χ1n) is 6.73. The molecule has 3 atom stereocenters. The number of hydrogen-bond acceptors (Lipinski definition) is 3. The first-order valence-corrected chi connectivity index (χ1v) is 6.73. The average Bonchev–Trinajstić information content (AvgIpc) is 2.29. The van der Waals surface area contributed by atoms with Gasteiger partial charge in [-0.15, -0.1) is 0 Å². The minimum absolute atomic E-state index is 0.319. The Labute approximate surface area is 99.5 Å². The first kappa shape index (κ1) is 12.3. The standard InChI is InChI=1S/C13H26N2O/c1-4-13(3)10-15(7-6-14-13)12-5-8-16-11(2)9-12/h11-12,14H,4-10H2,1-3H3. The Balaban J connectivity index is 1.93. The molecule has 0 radical (unpaired) electrons. The van der Waals surface area contributed by atoms with Crippen molar-refractivity contribution >= 4 is 0 Å². The second-order valence-electron chi connectivity index (χ2n) is 5.67. The predicted octanol–water partition coefficient (Wildman–Crippen LogP) is 1.63. The third-order valence-electron chi connectivity index (χ3n) is 4.26. The second-order valence-corrected chi connectivity index (χ2v) is 5.67. The van der Waals surface area contributed by atoms with Gasteiger partial charge in [0.2, 0.25) is 0 Å². The summed E-state index contributed by atoms with van der Waals surface area (Å²) in [7, 11) is 0. The van der Waals surface area contributed by atoms with Crippen LogP contribution in [0.25, 0.3) is 0 Å². The molecule has 0 aliphatic carbocycles. The van der Waals surface area contributed by atoms with Gasteiger partial charge in [-0.05, 0) is 33.1 Å². The van der Waals surface area contributed by atoms with E-state index in [9.17, 15) is 0 Å². The van der Waals surface area contributed by atoms with Crippen molar-refractivity contribution in [1.29, 1.82) is 0 Å². The Morgan fingerprint density at radius 1 is 1.50 bits per heavy atom. The highest BCUT2D eigenvalue weighted by Crippen LogP contribution is 2.23. The number of hydrogen-bond donors (Lipinski definition) is 1. The Kier molecular flexibility index (Phi) is 3.88. The van der Waals surface area contributed by atoms with Gasteiger partial charge in [0.1, 0.15) is 0 Å². The molecule has 2 fully saturated rings. The van der Waals surface area contributed by atoms with Crippen molar-refractivity contribution in [2.24, 2.45) is 0 Å². The Morgan fingerprint density at radius 3 is 3.00 bits per heavy atom. The summed E-state index contributed by atoms with van der Waals surface area (Å²) < 4.78 is 5.63. The van der Waals surface area contributed by atoms with Gasteiger partial charge in [0.05, 0.1) is 6.10 Å². The van der Waals surface area contributed by atoms with E-state index in [1.54, 1.807) is 0 Å². The summed E-state index contributed by atoms with van der Waals surface area (Å²) in [5.74, 6) is 0. The summed E-state index contributed by atoms with van der Waals surface area (Å²) in [5, 5.41) is 3.65. The third-order valence-corrected chi connectivity index (χ3v) is 4.26. The third kappa shape index (κ3) is 2.76. The van der Waals surface area contributed by atoms with Gasteiger partial charge in [0.25, 0.3) is 0 Å². The molecule has 0 aromatic carbocycles. The quantitative estimate of drug-likeness (QED) is 0.774. The molecule has 0 aromatic heterocycles. The molecule has 0 bridgehead atoms. The van der Waals surface area contributed by atoms with E-state index in [1.807, 2.05) is 0 Å². The van der Waals surface area contributed by atoms with Crippen LogP contribution in [0.2, 0.25) is 0 Å². The van der Waals surface area contributed by atoms with Crippen LogP contribution in [0.3, 0.4) is 0 Å². The molecule has 0 spiro atoms. The van der Waals surface area contributed by atoms with Crippen molar-refractivity contribution < 1.29 is 4.74 Å². The van der Waals surface area contributed by atoms with Gasteiger partial charge in [-0.25, -0.2) is 0 Å². The fourth-order valence-corrected chi connectivity index (χ4v) is 2.94. The zero-order valence-corrected chi connectivity index (χ0v) is 11.0. The van der Waals surface area contributed by atoms with Gasteiger partial charge in [0.15, 0.2) is 0 Å². The molecule has 94 valence electrons. The Hall–Kier alpha value is -0.120. The number of piperazine rings is 1. The smallest absolute Gasteiger partial charge is 0.0561 e. The van der Waals surface area contributed by atoms with Crippen LogP contribution in [0.1, 0.15) is 40.0 Å². The van der Waals surface area contributed by atoms with Crippen LogP contribution in [0.15, 0.2) is 0 Å². The van der Waals surface area contributed by atoms with Crippen molar-refractivity contribution in [1.82, 2.24) is 10.2 Å². The molecular weight excluding hydrogens is 200 g/mol. The van der Waals surface area contributed by atoms with Gasteiger partial charge in [-0.1, -0.05) is 6.92 Å².